The van der Waals surface area contributed by atoms with Crippen molar-refractivity contribution < 1.29 is 9.18 Å². The number of aromatic nitrogens is 1. The number of carbonyl (C=O) groups is 1. The van der Waals surface area contributed by atoms with Crippen molar-refractivity contribution in [3.63, 3.8) is 0 Å². The molecular formula is C21H25ClFN3OS2. The number of thioether (sulfide) groups is 1. The van der Waals surface area contributed by atoms with Gasteiger partial charge in [0.25, 0.3) is 5.91 Å². The maximum absolute atomic E-state index is 13.6. The maximum Gasteiger partial charge on any atom is 0.261 e. The lowest BCUT2D eigenvalue weighted by molar-refractivity contribution is 0.0981. The molecule has 0 fully saturated rings. The number of fused-ring (bicyclic) bond motifs is 1. The molecule has 0 saturated carbocycles. The van der Waals surface area contributed by atoms with Crippen LogP contribution in [0.25, 0.3) is 10.2 Å². The fourth-order valence-electron chi connectivity index (χ4n) is 3.03. The zero-order valence-corrected chi connectivity index (χ0v) is 19.2. The van der Waals surface area contributed by atoms with Gasteiger partial charge in [-0.15, -0.1) is 24.2 Å². The molecule has 4 nitrogen and oxygen atoms in total. The highest BCUT2D eigenvalue weighted by atomic mass is 35.5. The molecule has 29 heavy (non-hydrogen) atoms. The first-order chi connectivity index (χ1) is 13.6. The molecule has 3 rings (SSSR count). The smallest absolute Gasteiger partial charge is 0.261 e. The van der Waals surface area contributed by atoms with Crippen LogP contribution in [0.4, 0.5) is 9.52 Å². The van der Waals surface area contributed by atoms with E-state index in [1.807, 2.05) is 30.5 Å². The number of halogens is 2. The van der Waals surface area contributed by atoms with E-state index in [4.69, 9.17) is 0 Å². The summed E-state index contributed by atoms with van der Waals surface area (Å²) in [5.41, 5.74) is 1.38. The van der Waals surface area contributed by atoms with E-state index < -0.39 is 0 Å². The van der Waals surface area contributed by atoms with E-state index in [0.717, 1.165) is 29.2 Å². The maximum atomic E-state index is 13.6. The molecule has 0 aliphatic heterocycles. The quantitative estimate of drug-likeness (QED) is 0.418. The topological polar surface area (TPSA) is 36.4 Å². The predicted molar refractivity (Wildman–Crippen MR) is 125 cm³/mol. The summed E-state index contributed by atoms with van der Waals surface area (Å²) < 4.78 is 14.3. The van der Waals surface area contributed by atoms with Gasteiger partial charge in [0.05, 0.1) is 15.8 Å². The van der Waals surface area contributed by atoms with Crippen molar-refractivity contribution in [2.45, 2.75) is 18.7 Å². The van der Waals surface area contributed by atoms with E-state index in [0.29, 0.717) is 22.8 Å². The lowest BCUT2D eigenvalue weighted by atomic mass is 10.2. The highest BCUT2D eigenvalue weighted by Gasteiger charge is 2.23. The molecule has 0 aliphatic carbocycles. The Bertz CT molecular complexity index is 962. The molecule has 1 heterocycles. The summed E-state index contributed by atoms with van der Waals surface area (Å²) in [5, 5.41) is 0.605. The van der Waals surface area contributed by atoms with Gasteiger partial charge in [-0.2, -0.15) is 0 Å². The van der Waals surface area contributed by atoms with Gasteiger partial charge in [0.2, 0.25) is 0 Å². The van der Waals surface area contributed by atoms with E-state index in [2.05, 4.69) is 23.7 Å². The molecule has 8 heteroatoms. The lowest BCUT2D eigenvalue weighted by Gasteiger charge is -2.25. The van der Waals surface area contributed by atoms with Crippen LogP contribution in [0.3, 0.4) is 0 Å². The third-order valence-electron chi connectivity index (χ3n) is 4.69. The summed E-state index contributed by atoms with van der Waals surface area (Å²) in [6, 6.07) is 12.1. The molecule has 0 aliphatic rings. The number of hydrogen-bond donors (Lipinski definition) is 0. The van der Waals surface area contributed by atoms with Gasteiger partial charge in [0, 0.05) is 18.0 Å². The summed E-state index contributed by atoms with van der Waals surface area (Å²) in [5.74, 6) is -0.368. The Morgan fingerprint density at radius 3 is 2.55 bits per heavy atom. The number of likely N-dealkylation sites (N-methyl/N-ethyl adjacent to an activating group) is 1. The minimum Gasteiger partial charge on any atom is -0.302 e. The van der Waals surface area contributed by atoms with Crippen molar-refractivity contribution in [2.24, 2.45) is 0 Å². The van der Waals surface area contributed by atoms with Crippen molar-refractivity contribution in [3.05, 3.63) is 53.8 Å². The molecule has 1 amide bonds. The number of benzene rings is 2. The second-order valence-corrected chi connectivity index (χ2v) is 8.15. The molecule has 0 spiro atoms. The second-order valence-electron chi connectivity index (χ2n) is 6.29. The van der Waals surface area contributed by atoms with Crippen molar-refractivity contribution in [2.75, 3.05) is 37.3 Å². The summed E-state index contributed by atoms with van der Waals surface area (Å²) in [7, 11) is 0. The number of anilines is 1. The van der Waals surface area contributed by atoms with Gasteiger partial charge in [-0.1, -0.05) is 37.3 Å². The van der Waals surface area contributed by atoms with Crippen molar-refractivity contribution in [1.82, 2.24) is 9.88 Å². The average Bonchev–Trinajstić information content (AvgIpc) is 3.13. The summed E-state index contributed by atoms with van der Waals surface area (Å²) >= 11 is 2.90. The molecule has 0 unspecified atom stereocenters. The van der Waals surface area contributed by atoms with Gasteiger partial charge in [0.15, 0.2) is 5.13 Å². The van der Waals surface area contributed by atoms with Crippen molar-refractivity contribution in [3.8, 4) is 0 Å². The van der Waals surface area contributed by atoms with Crippen LogP contribution in [0.2, 0.25) is 0 Å². The van der Waals surface area contributed by atoms with Gasteiger partial charge >= 0.3 is 0 Å². The molecule has 156 valence electrons. The van der Waals surface area contributed by atoms with E-state index in [1.165, 1.54) is 23.5 Å². The fourth-order valence-corrected chi connectivity index (χ4v) is 4.64. The Morgan fingerprint density at radius 1 is 1.14 bits per heavy atom. The summed E-state index contributed by atoms with van der Waals surface area (Å²) in [4.78, 5) is 23.0. The molecule has 2 aromatic carbocycles. The molecule has 0 N–H and O–H groups in total. The van der Waals surface area contributed by atoms with Crippen LogP contribution >= 0.6 is 35.5 Å². The molecule has 0 bridgehead atoms. The van der Waals surface area contributed by atoms with Gasteiger partial charge in [-0.05, 0) is 49.7 Å². The molecule has 3 aromatic rings. The zero-order valence-electron chi connectivity index (χ0n) is 16.7. The van der Waals surface area contributed by atoms with Crippen molar-refractivity contribution in [1.29, 1.82) is 0 Å². The van der Waals surface area contributed by atoms with Crippen LogP contribution in [0.15, 0.2) is 47.4 Å². The first kappa shape index (κ1) is 23.6. The summed E-state index contributed by atoms with van der Waals surface area (Å²) in [6.45, 7) is 7.35. The highest BCUT2D eigenvalue weighted by molar-refractivity contribution is 7.98. The van der Waals surface area contributed by atoms with Crippen LogP contribution in [0.1, 0.15) is 24.2 Å². The Balaban J connectivity index is 0.00000300. The van der Waals surface area contributed by atoms with Crippen LogP contribution in [0, 0.1) is 5.82 Å². The second kappa shape index (κ2) is 10.9. The zero-order chi connectivity index (χ0) is 20.1. The Morgan fingerprint density at radius 2 is 1.86 bits per heavy atom. The number of hydrogen-bond acceptors (Lipinski definition) is 5. The minimum absolute atomic E-state index is 0. The average molecular weight is 454 g/mol. The molecule has 0 saturated heterocycles. The van der Waals surface area contributed by atoms with Crippen LogP contribution in [-0.4, -0.2) is 48.2 Å². The highest BCUT2D eigenvalue weighted by Crippen LogP contribution is 2.31. The Hall–Kier alpha value is -1.67. The SMILES string of the molecule is CCN(CC)CCN(C(=O)c1ccccc1SC)c1nc2ccc(F)cc2s1.Cl. The number of thiazole rings is 1. The van der Waals surface area contributed by atoms with Crippen molar-refractivity contribution >= 4 is 56.8 Å². The number of nitrogens with zero attached hydrogens (tertiary/aromatic N) is 3. The fraction of sp³-hybridized carbons (Fsp3) is 0.333. The van der Waals surface area contributed by atoms with Gasteiger partial charge < -0.3 is 4.90 Å². The normalized spacial score (nSPS) is 10.9. The van der Waals surface area contributed by atoms with E-state index in [-0.39, 0.29) is 24.1 Å². The van der Waals surface area contributed by atoms with E-state index >= 15 is 0 Å². The molecular weight excluding hydrogens is 429 g/mol. The van der Waals surface area contributed by atoms with Gasteiger partial charge in [-0.3, -0.25) is 9.69 Å². The third kappa shape index (κ3) is 5.48. The monoisotopic (exact) mass is 453 g/mol. The molecule has 1 aromatic heterocycles. The third-order valence-corrected chi connectivity index (χ3v) is 6.52. The Labute approximate surface area is 185 Å². The van der Waals surface area contributed by atoms with Crippen LogP contribution < -0.4 is 4.90 Å². The first-order valence-electron chi connectivity index (χ1n) is 9.30. The van der Waals surface area contributed by atoms with Gasteiger partial charge in [-0.25, -0.2) is 9.37 Å². The van der Waals surface area contributed by atoms with E-state index in [1.54, 1.807) is 22.7 Å². The minimum atomic E-state index is -0.295. The van der Waals surface area contributed by atoms with E-state index in [9.17, 15) is 9.18 Å². The summed E-state index contributed by atoms with van der Waals surface area (Å²) in [6.07, 6.45) is 1.97. The Kier molecular flexibility index (Phi) is 8.89. The largest absolute Gasteiger partial charge is 0.302 e. The van der Waals surface area contributed by atoms with Crippen LogP contribution in [0.5, 0.6) is 0 Å². The van der Waals surface area contributed by atoms with Gasteiger partial charge in [0.1, 0.15) is 5.82 Å². The number of carbonyl (C=O) groups excluding carboxylic acids is 1. The molecule has 0 atom stereocenters. The lowest BCUT2D eigenvalue weighted by Crippen LogP contribution is -2.39. The first-order valence-corrected chi connectivity index (χ1v) is 11.3. The van der Waals surface area contributed by atoms with Crippen LogP contribution in [-0.2, 0) is 0 Å². The number of amides is 1. The molecule has 0 radical (unpaired) electrons. The standard InChI is InChI=1S/C21H24FN3OS2.ClH/c1-4-24(5-2)12-13-25(20(26)16-8-6-7-9-18(16)27-3)21-23-17-11-10-15(22)14-19(17)28-21;/h6-11,14H,4-5,12-13H2,1-3H3;1H. The predicted octanol–water partition coefficient (Wildman–Crippen LogP) is 5.57. The number of rotatable bonds is 8.